The van der Waals surface area contributed by atoms with Crippen molar-refractivity contribution < 1.29 is 19.4 Å². The van der Waals surface area contributed by atoms with E-state index in [1.807, 2.05) is 42.5 Å². The Morgan fingerprint density at radius 2 is 1.77 bits per heavy atom. The molecule has 3 rings (SSSR count). The second kappa shape index (κ2) is 7.00. The lowest BCUT2D eigenvalue weighted by Gasteiger charge is -2.09. The Hall–Kier alpha value is -3.14. The van der Waals surface area contributed by atoms with Gasteiger partial charge in [0, 0.05) is 16.7 Å². The predicted octanol–water partition coefficient (Wildman–Crippen LogP) is 4.52. The Bertz CT molecular complexity index is 1000. The van der Waals surface area contributed by atoms with Gasteiger partial charge in [0.05, 0.1) is 12.2 Å². The number of Topliss-reactive ketones (excluding diaryl/α,β-unsaturated/α-hetero) is 1. The largest absolute Gasteiger partial charge is 0.507 e. The van der Waals surface area contributed by atoms with Crippen LogP contribution in [0.3, 0.4) is 0 Å². The molecule has 0 spiro atoms. The molecule has 1 aliphatic carbocycles. The Morgan fingerprint density at radius 3 is 2.46 bits per heavy atom. The van der Waals surface area contributed by atoms with Crippen molar-refractivity contribution in [3.8, 4) is 0 Å². The third-order valence-electron chi connectivity index (χ3n) is 4.48. The van der Waals surface area contributed by atoms with Gasteiger partial charge in [0.2, 0.25) is 0 Å². The van der Waals surface area contributed by atoms with Crippen molar-refractivity contribution in [3.05, 3.63) is 76.4 Å². The van der Waals surface area contributed by atoms with Gasteiger partial charge >= 0.3 is 5.97 Å². The molecule has 1 N–H and O–H groups in total. The molecule has 0 heterocycles. The zero-order valence-electron chi connectivity index (χ0n) is 15.0. The van der Waals surface area contributed by atoms with Gasteiger partial charge in [-0.15, -0.1) is 0 Å². The molecule has 26 heavy (non-hydrogen) atoms. The predicted molar refractivity (Wildman–Crippen MR) is 102 cm³/mol. The highest BCUT2D eigenvalue weighted by atomic mass is 16.5. The van der Waals surface area contributed by atoms with Gasteiger partial charge in [0.1, 0.15) is 5.76 Å². The van der Waals surface area contributed by atoms with Crippen LogP contribution >= 0.6 is 0 Å². The monoisotopic (exact) mass is 348 g/mol. The molecule has 132 valence electrons. The van der Waals surface area contributed by atoms with Gasteiger partial charge in [-0.3, -0.25) is 4.79 Å². The third-order valence-corrected chi connectivity index (χ3v) is 4.48. The van der Waals surface area contributed by atoms with Crippen LogP contribution in [-0.4, -0.2) is 23.5 Å². The van der Waals surface area contributed by atoms with Crippen LogP contribution in [0.2, 0.25) is 0 Å². The lowest BCUT2D eigenvalue weighted by Crippen LogP contribution is -2.12. The fraction of sp³-hybridized carbons (Fsp3) is 0.182. The highest BCUT2D eigenvalue weighted by Gasteiger charge is 2.30. The average Bonchev–Trinajstić information content (AvgIpc) is 2.98. The number of ketones is 1. The number of carbonyl (C=O) groups excluding carboxylic acids is 2. The average molecular weight is 348 g/mol. The van der Waals surface area contributed by atoms with Crippen LogP contribution in [-0.2, 0) is 14.3 Å². The number of allylic oxidation sites excluding steroid dienone is 3. The standard InChI is InChI=1S/C22H20O4/c1-4-26-22(25)19-12-18(13(2)20(19)14(3)23)21(24)17-11-7-9-15-8-5-6-10-16(15)17/h5-12,24H,4H2,1-3H3/b21-18-. The third kappa shape index (κ3) is 2.94. The summed E-state index contributed by atoms with van der Waals surface area (Å²) in [6.45, 7) is 5.07. The lowest BCUT2D eigenvalue weighted by atomic mass is 9.97. The van der Waals surface area contributed by atoms with E-state index in [-0.39, 0.29) is 23.7 Å². The number of rotatable bonds is 4. The second-order valence-electron chi connectivity index (χ2n) is 6.12. The number of hydrogen-bond donors (Lipinski definition) is 1. The summed E-state index contributed by atoms with van der Waals surface area (Å²) < 4.78 is 5.06. The SMILES string of the molecule is CCOC(=O)C1=C/C(=C(/O)c2cccc3ccccc23)C(C)=C1C(C)=O. The van der Waals surface area contributed by atoms with Gasteiger partial charge < -0.3 is 9.84 Å². The van der Waals surface area contributed by atoms with Crippen LogP contribution in [0.5, 0.6) is 0 Å². The number of aliphatic hydroxyl groups is 1. The molecule has 0 atom stereocenters. The first-order chi connectivity index (χ1) is 12.5. The van der Waals surface area contributed by atoms with E-state index in [1.165, 1.54) is 6.92 Å². The maximum Gasteiger partial charge on any atom is 0.338 e. The molecule has 1 aliphatic rings. The van der Waals surface area contributed by atoms with Gasteiger partial charge in [0.15, 0.2) is 5.78 Å². The number of hydrogen-bond acceptors (Lipinski definition) is 4. The number of ether oxygens (including phenoxy) is 1. The molecule has 0 unspecified atom stereocenters. The zero-order valence-corrected chi connectivity index (χ0v) is 15.0. The van der Waals surface area contributed by atoms with Crippen LogP contribution in [0, 0.1) is 0 Å². The molecular weight excluding hydrogens is 328 g/mol. The Balaban J connectivity index is 2.23. The van der Waals surface area contributed by atoms with E-state index >= 15 is 0 Å². The van der Waals surface area contributed by atoms with Crippen molar-refractivity contribution in [1.29, 1.82) is 0 Å². The van der Waals surface area contributed by atoms with Crippen LogP contribution in [0.1, 0.15) is 26.3 Å². The topological polar surface area (TPSA) is 63.6 Å². The molecule has 0 amide bonds. The van der Waals surface area contributed by atoms with E-state index in [2.05, 4.69) is 0 Å². The van der Waals surface area contributed by atoms with Crippen molar-refractivity contribution in [1.82, 2.24) is 0 Å². The van der Waals surface area contributed by atoms with Crippen molar-refractivity contribution in [3.63, 3.8) is 0 Å². The summed E-state index contributed by atoms with van der Waals surface area (Å²) in [7, 11) is 0. The second-order valence-corrected chi connectivity index (χ2v) is 6.12. The van der Waals surface area contributed by atoms with E-state index in [4.69, 9.17) is 4.74 Å². The Kier molecular flexibility index (Phi) is 4.76. The summed E-state index contributed by atoms with van der Waals surface area (Å²) in [5.74, 6) is -0.752. The normalized spacial score (nSPS) is 15.9. The molecule has 0 aromatic heterocycles. The van der Waals surface area contributed by atoms with E-state index in [0.29, 0.717) is 22.3 Å². The van der Waals surface area contributed by atoms with Gasteiger partial charge in [-0.25, -0.2) is 4.79 Å². The van der Waals surface area contributed by atoms with Crippen molar-refractivity contribution in [2.24, 2.45) is 0 Å². The molecule has 2 aromatic carbocycles. The quantitative estimate of drug-likeness (QED) is 0.652. The summed E-state index contributed by atoms with van der Waals surface area (Å²) in [5, 5.41) is 12.9. The molecule has 0 bridgehead atoms. The van der Waals surface area contributed by atoms with Crippen molar-refractivity contribution in [2.75, 3.05) is 6.61 Å². The summed E-state index contributed by atoms with van der Waals surface area (Å²) in [4.78, 5) is 24.3. The summed E-state index contributed by atoms with van der Waals surface area (Å²) in [6, 6.07) is 13.4. The summed E-state index contributed by atoms with van der Waals surface area (Å²) in [6.07, 6.45) is 1.54. The maximum atomic E-state index is 12.2. The van der Waals surface area contributed by atoms with Gasteiger partial charge in [-0.2, -0.15) is 0 Å². The first kappa shape index (κ1) is 17.7. The lowest BCUT2D eigenvalue weighted by molar-refractivity contribution is -0.138. The van der Waals surface area contributed by atoms with E-state index in [9.17, 15) is 14.7 Å². The number of carbonyl (C=O) groups is 2. The number of benzene rings is 2. The van der Waals surface area contributed by atoms with Crippen LogP contribution in [0.15, 0.2) is 70.8 Å². The Labute approximate surface area is 152 Å². The molecular formula is C22H20O4. The van der Waals surface area contributed by atoms with Crippen molar-refractivity contribution in [2.45, 2.75) is 20.8 Å². The smallest absolute Gasteiger partial charge is 0.338 e. The maximum absolute atomic E-state index is 12.2. The van der Waals surface area contributed by atoms with Crippen LogP contribution in [0.4, 0.5) is 0 Å². The number of esters is 1. The minimum absolute atomic E-state index is 0.0392. The van der Waals surface area contributed by atoms with E-state index in [0.717, 1.165) is 10.8 Å². The molecule has 0 aliphatic heterocycles. The molecule has 4 heteroatoms. The first-order valence-electron chi connectivity index (χ1n) is 8.48. The molecule has 0 radical (unpaired) electrons. The highest BCUT2D eigenvalue weighted by Crippen LogP contribution is 2.37. The van der Waals surface area contributed by atoms with Gasteiger partial charge in [0.25, 0.3) is 0 Å². The Morgan fingerprint density at radius 1 is 1.08 bits per heavy atom. The van der Waals surface area contributed by atoms with Gasteiger partial charge in [-0.05, 0) is 43.2 Å². The molecule has 0 saturated heterocycles. The minimum Gasteiger partial charge on any atom is -0.507 e. The molecule has 2 aromatic rings. The van der Waals surface area contributed by atoms with Crippen molar-refractivity contribution >= 4 is 28.3 Å². The van der Waals surface area contributed by atoms with E-state index < -0.39 is 5.97 Å². The fourth-order valence-electron chi connectivity index (χ4n) is 3.31. The number of aliphatic hydroxyl groups excluding tert-OH is 1. The summed E-state index contributed by atoms with van der Waals surface area (Å²) >= 11 is 0. The molecule has 4 nitrogen and oxygen atoms in total. The number of fused-ring (bicyclic) bond motifs is 1. The van der Waals surface area contributed by atoms with Crippen LogP contribution < -0.4 is 0 Å². The fourth-order valence-corrected chi connectivity index (χ4v) is 3.31. The summed E-state index contributed by atoms with van der Waals surface area (Å²) in [5.41, 5.74) is 2.19. The first-order valence-corrected chi connectivity index (χ1v) is 8.48. The zero-order chi connectivity index (χ0) is 18.8. The molecule has 0 saturated carbocycles. The minimum atomic E-state index is -0.558. The van der Waals surface area contributed by atoms with Crippen LogP contribution in [0.25, 0.3) is 16.5 Å². The van der Waals surface area contributed by atoms with E-state index in [1.54, 1.807) is 19.9 Å². The van der Waals surface area contributed by atoms with Gasteiger partial charge in [-0.1, -0.05) is 42.5 Å². The highest BCUT2D eigenvalue weighted by molar-refractivity contribution is 6.13. The molecule has 0 fully saturated rings.